The molecule has 2 aliphatic heterocycles. The van der Waals surface area contributed by atoms with E-state index in [2.05, 4.69) is 25.9 Å². The highest BCUT2D eigenvalue weighted by Crippen LogP contribution is 2.31. The van der Waals surface area contributed by atoms with E-state index in [0.717, 1.165) is 24.8 Å². The molecule has 2 N–H and O–H groups in total. The molecule has 0 radical (unpaired) electrons. The van der Waals surface area contributed by atoms with Crippen molar-refractivity contribution in [1.29, 1.82) is 0 Å². The molecule has 1 saturated heterocycles. The summed E-state index contributed by atoms with van der Waals surface area (Å²) in [5.74, 6) is -0.361. The van der Waals surface area contributed by atoms with E-state index >= 15 is 0 Å². The summed E-state index contributed by atoms with van der Waals surface area (Å²) in [7, 11) is 0. The third-order valence-electron chi connectivity index (χ3n) is 7.60. The topological polar surface area (TPSA) is 127 Å². The van der Waals surface area contributed by atoms with Crippen LogP contribution in [0.4, 0.5) is 5.69 Å². The van der Waals surface area contributed by atoms with Gasteiger partial charge in [-0.25, -0.2) is 9.67 Å². The molecule has 0 unspecified atom stereocenters. The number of fused-ring (bicyclic) bond motifs is 4. The van der Waals surface area contributed by atoms with E-state index in [1.165, 1.54) is 10.7 Å². The maximum absolute atomic E-state index is 13.7. The van der Waals surface area contributed by atoms with Crippen LogP contribution in [0, 0.1) is 0 Å². The number of piperazine rings is 1. The zero-order chi connectivity index (χ0) is 29.2. The van der Waals surface area contributed by atoms with Gasteiger partial charge in [-0.2, -0.15) is 0 Å². The van der Waals surface area contributed by atoms with Crippen molar-refractivity contribution in [1.82, 2.24) is 35.2 Å². The number of aromatic nitrogens is 5. The molecule has 4 heterocycles. The van der Waals surface area contributed by atoms with Crippen molar-refractivity contribution >= 4 is 53.1 Å². The number of hydrogen-bond acceptors (Lipinski definition) is 7. The van der Waals surface area contributed by atoms with Crippen molar-refractivity contribution in [3.05, 3.63) is 87.1 Å². The number of nitrogens with one attached hydrogen (secondary N) is 2. The smallest absolute Gasteiger partial charge is 0.254 e. The molecule has 4 aromatic rings. The Morgan fingerprint density at radius 1 is 0.953 bits per heavy atom. The van der Waals surface area contributed by atoms with Gasteiger partial charge in [-0.1, -0.05) is 53.4 Å². The highest BCUT2D eigenvalue weighted by molar-refractivity contribution is 6.31. The monoisotopic (exact) mass is 642 g/mol. The highest BCUT2D eigenvalue weighted by atomic mass is 35.5. The van der Waals surface area contributed by atoms with Crippen LogP contribution >= 0.6 is 35.6 Å². The van der Waals surface area contributed by atoms with Crippen LogP contribution in [-0.4, -0.2) is 62.0 Å². The van der Waals surface area contributed by atoms with Crippen molar-refractivity contribution in [2.24, 2.45) is 0 Å². The molecule has 2 aromatic carbocycles. The minimum Gasteiger partial charge on any atom is -0.354 e. The maximum atomic E-state index is 13.7. The van der Waals surface area contributed by atoms with Crippen molar-refractivity contribution in [3.8, 4) is 16.9 Å². The second kappa shape index (κ2) is 13.3. The fraction of sp³-hybridized carbons (Fsp3) is 0.310. The molecule has 6 rings (SSSR count). The van der Waals surface area contributed by atoms with E-state index in [1.807, 2.05) is 24.3 Å². The van der Waals surface area contributed by atoms with E-state index in [0.29, 0.717) is 47.2 Å². The Kier molecular flexibility index (Phi) is 9.46. The Bertz CT molecular complexity index is 1710. The van der Waals surface area contributed by atoms with Crippen molar-refractivity contribution < 1.29 is 9.59 Å². The summed E-state index contributed by atoms with van der Waals surface area (Å²) in [5, 5.41) is 14.6. The summed E-state index contributed by atoms with van der Waals surface area (Å²) in [5.41, 5.74) is 2.89. The van der Waals surface area contributed by atoms with E-state index in [4.69, 9.17) is 23.2 Å². The number of benzene rings is 2. The molecule has 1 fully saturated rings. The van der Waals surface area contributed by atoms with E-state index < -0.39 is 6.04 Å². The first-order valence-corrected chi connectivity index (χ1v) is 14.5. The highest BCUT2D eigenvalue weighted by Gasteiger charge is 2.34. The SMILES string of the molecule is Cl.O=C1NCCCCC[C@H](n2cnc(-c3cc(Cl)ccc3-n3cc(Cl)nn3)cc2=O)c2cccc(c2)N2C(=O)CNC[C@H]12. The fourth-order valence-corrected chi connectivity index (χ4v) is 5.88. The van der Waals surface area contributed by atoms with Gasteiger partial charge in [-0.15, -0.1) is 17.5 Å². The van der Waals surface area contributed by atoms with Crippen LogP contribution in [0.5, 0.6) is 0 Å². The lowest BCUT2D eigenvalue weighted by Crippen LogP contribution is -2.61. The lowest BCUT2D eigenvalue weighted by molar-refractivity contribution is -0.127. The predicted molar refractivity (Wildman–Crippen MR) is 166 cm³/mol. The molecular formula is C29H29Cl3N8O3. The summed E-state index contributed by atoms with van der Waals surface area (Å²) < 4.78 is 3.13. The predicted octanol–water partition coefficient (Wildman–Crippen LogP) is 3.80. The number of carbonyl (C=O) groups excluding carboxylic acids is 2. The summed E-state index contributed by atoms with van der Waals surface area (Å²) in [4.78, 5) is 45.9. The number of anilines is 1. The van der Waals surface area contributed by atoms with Gasteiger partial charge in [-0.05, 0) is 48.7 Å². The van der Waals surface area contributed by atoms with Crippen molar-refractivity contribution in [3.63, 3.8) is 0 Å². The molecule has 2 aromatic heterocycles. The minimum absolute atomic E-state index is 0. The van der Waals surface area contributed by atoms with Crippen LogP contribution in [0.3, 0.4) is 0 Å². The number of rotatable bonds is 3. The molecule has 2 aliphatic rings. The zero-order valence-electron chi connectivity index (χ0n) is 23.0. The normalized spacial score (nSPS) is 19.3. The molecule has 0 spiro atoms. The number of carbonyl (C=O) groups is 2. The third kappa shape index (κ3) is 6.45. The van der Waals surface area contributed by atoms with Crippen LogP contribution < -0.4 is 21.1 Å². The molecule has 2 bridgehead atoms. The van der Waals surface area contributed by atoms with Gasteiger partial charge in [0.15, 0.2) is 5.15 Å². The number of nitrogens with zero attached hydrogens (tertiary/aromatic N) is 6. The van der Waals surface area contributed by atoms with Gasteiger partial charge < -0.3 is 10.6 Å². The summed E-state index contributed by atoms with van der Waals surface area (Å²) in [6.07, 6.45) is 6.28. The fourth-order valence-electron chi connectivity index (χ4n) is 5.58. The molecular weight excluding hydrogens is 615 g/mol. The third-order valence-corrected chi connectivity index (χ3v) is 8.01. The molecule has 14 heteroatoms. The number of halogens is 3. The Balaban J connectivity index is 0.00000368. The summed E-state index contributed by atoms with van der Waals surface area (Å²) >= 11 is 12.3. The molecule has 0 saturated carbocycles. The molecule has 224 valence electrons. The van der Waals surface area contributed by atoms with Crippen molar-refractivity contribution in [2.75, 3.05) is 24.5 Å². The molecule has 2 atom stereocenters. The molecule has 43 heavy (non-hydrogen) atoms. The second-order valence-electron chi connectivity index (χ2n) is 10.3. The number of amides is 2. The average molecular weight is 644 g/mol. The lowest BCUT2D eigenvalue weighted by atomic mass is 9.98. The zero-order valence-corrected chi connectivity index (χ0v) is 25.3. The Labute approximate surface area is 263 Å². The lowest BCUT2D eigenvalue weighted by Gasteiger charge is -2.35. The Hall–Kier alpha value is -3.77. The quantitative estimate of drug-likeness (QED) is 0.348. The van der Waals surface area contributed by atoms with Crippen LogP contribution in [-0.2, 0) is 9.59 Å². The standard InChI is InChI=1S/C29H28Cl2N8O3.ClH/c30-19-8-9-24(38-16-26(31)35-36-38)21(12-19)22-13-27(40)37(17-34-22)23-7-2-1-3-10-33-29(42)25-14-32-15-28(41)39(25)20-6-4-5-18(23)11-20;/h4-6,8-9,11-13,16-17,23,25,32H,1-3,7,10,14-15H2,(H,33,42);1H/t23-,25+;/m0./s1. The van der Waals surface area contributed by atoms with E-state index in [1.54, 1.807) is 40.2 Å². The van der Waals surface area contributed by atoms with Gasteiger partial charge in [0, 0.05) is 35.4 Å². The first-order chi connectivity index (χ1) is 20.4. The van der Waals surface area contributed by atoms with Gasteiger partial charge in [0.05, 0.1) is 36.5 Å². The van der Waals surface area contributed by atoms with Gasteiger partial charge in [-0.3, -0.25) is 23.9 Å². The Morgan fingerprint density at radius 2 is 1.81 bits per heavy atom. The van der Waals surface area contributed by atoms with E-state index in [9.17, 15) is 14.4 Å². The van der Waals surface area contributed by atoms with Gasteiger partial charge in [0.25, 0.3) is 5.56 Å². The van der Waals surface area contributed by atoms with Crippen LogP contribution in [0.1, 0.15) is 37.3 Å². The summed E-state index contributed by atoms with van der Waals surface area (Å²) in [6, 6.07) is 13.2. The van der Waals surface area contributed by atoms with Gasteiger partial charge in [0.1, 0.15) is 6.04 Å². The summed E-state index contributed by atoms with van der Waals surface area (Å²) in [6.45, 7) is 1.03. The minimum atomic E-state index is -0.656. The molecule has 2 amide bonds. The largest absolute Gasteiger partial charge is 0.354 e. The average Bonchev–Trinajstić information content (AvgIpc) is 3.42. The molecule has 0 aliphatic carbocycles. The van der Waals surface area contributed by atoms with Crippen LogP contribution in [0.15, 0.2) is 65.8 Å². The van der Waals surface area contributed by atoms with E-state index in [-0.39, 0.29) is 47.5 Å². The molecule has 11 nitrogen and oxygen atoms in total. The van der Waals surface area contributed by atoms with Gasteiger partial charge >= 0.3 is 0 Å². The second-order valence-corrected chi connectivity index (χ2v) is 11.2. The number of hydrogen-bond donors (Lipinski definition) is 2. The maximum Gasteiger partial charge on any atom is 0.254 e. The van der Waals surface area contributed by atoms with Crippen LogP contribution in [0.25, 0.3) is 16.9 Å². The van der Waals surface area contributed by atoms with Crippen LogP contribution in [0.2, 0.25) is 10.2 Å². The first kappa shape index (κ1) is 30.7. The Morgan fingerprint density at radius 3 is 2.60 bits per heavy atom. The first-order valence-electron chi connectivity index (χ1n) is 13.8. The van der Waals surface area contributed by atoms with Gasteiger partial charge in [0.2, 0.25) is 11.8 Å². The van der Waals surface area contributed by atoms with Crippen molar-refractivity contribution in [2.45, 2.75) is 37.8 Å².